The van der Waals surface area contributed by atoms with Crippen molar-refractivity contribution in [1.29, 1.82) is 0 Å². The molecular formula is C12H12ClN3O2. The highest BCUT2D eigenvalue weighted by Gasteiger charge is 2.28. The molecule has 0 aliphatic rings. The fraction of sp³-hybridized carbons (Fsp3) is 0.250. The van der Waals surface area contributed by atoms with Gasteiger partial charge in [0.15, 0.2) is 0 Å². The topological polar surface area (TPSA) is 61.0 Å². The Hall–Kier alpha value is -1.88. The van der Waals surface area contributed by atoms with Crippen LogP contribution in [0.4, 0.5) is 5.69 Å². The molecule has 2 rings (SSSR count). The molecule has 0 aliphatic carbocycles. The van der Waals surface area contributed by atoms with Crippen LogP contribution in [0, 0.1) is 10.1 Å². The first-order chi connectivity index (χ1) is 8.52. The molecule has 0 saturated carbocycles. The molecule has 0 spiro atoms. The zero-order valence-electron chi connectivity index (χ0n) is 10.0. The number of para-hydroxylation sites is 1. The third kappa shape index (κ3) is 2.09. The molecule has 0 N–H and O–H groups in total. The summed E-state index contributed by atoms with van der Waals surface area (Å²) in [6.07, 6.45) is 0. The fourth-order valence-corrected chi connectivity index (χ4v) is 2.00. The zero-order valence-corrected chi connectivity index (χ0v) is 10.8. The van der Waals surface area contributed by atoms with Crippen molar-refractivity contribution >= 4 is 17.3 Å². The lowest BCUT2D eigenvalue weighted by Gasteiger charge is -2.01. The lowest BCUT2D eigenvalue weighted by molar-refractivity contribution is -0.385. The summed E-state index contributed by atoms with van der Waals surface area (Å²) in [6.45, 7) is 3.70. The highest BCUT2D eigenvalue weighted by molar-refractivity contribution is 6.32. The summed E-state index contributed by atoms with van der Waals surface area (Å²) in [6, 6.07) is 9.11. The molecule has 1 aromatic carbocycles. The Labute approximate surface area is 109 Å². The van der Waals surface area contributed by atoms with Gasteiger partial charge in [-0.25, -0.2) is 4.68 Å². The number of hydrogen-bond acceptors (Lipinski definition) is 3. The molecule has 2 aromatic rings. The van der Waals surface area contributed by atoms with E-state index in [9.17, 15) is 10.1 Å². The van der Waals surface area contributed by atoms with Crippen molar-refractivity contribution in [2.24, 2.45) is 0 Å². The third-order valence-corrected chi connectivity index (χ3v) is 2.90. The van der Waals surface area contributed by atoms with Crippen LogP contribution >= 0.6 is 11.6 Å². The van der Waals surface area contributed by atoms with Gasteiger partial charge in [-0.15, -0.1) is 0 Å². The van der Waals surface area contributed by atoms with Gasteiger partial charge in [0.2, 0.25) is 5.15 Å². The molecule has 0 unspecified atom stereocenters. The van der Waals surface area contributed by atoms with Crippen molar-refractivity contribution < 1.29 is 4.92 Å². The molecule has 94 valence electrons. The van der Waals surface area contributed by atoms with Crippen molar-refractivity contribution in [3.63, 3.8) is 0 Å². The molecule has 0 fully saturated rings. The van der Waals surface area contributed by atoms with E-state index < -0.39 is 4.92 Å². The molecule has 0 aliphatic heterocycles. The average molecular weight is 266 g/mol. The molecule has 6 heteroatoms. The van der Waals surface area contributed by atoms with Crippen molar-refractivity contribution in [3.05, 3.63) is 51.3 Å². The number of rotatable bonds is 3. The first kappa shape index (κ1) is 12.6. The lowest BCUT2D eigenvalue weighted by atomic mass is 10.1. The predicted octanol–water partition coefficient (Wildman–Crippen LogP) is 3.56. The smallest absolute Gasteiger partial charge is 0.258 e. The maximum absolute atomic E-state index is 11.1. The minimum absolute atomic E-state index is 0.0369. The number of halogens is 1. The summed E-state index contributed by atoms with van der Waals surface area (Å²) in [5.41, 5.74) is 0.988. The molecule has 0 saturated heterocycles. The Morgan fingerprint density at radius 1 is 1.33 bits per heavy atom. The fourth-order valence-electron chi connectivity index (χ4n) is 1.70. The van der Waals surface area contributed by atoms with Crippen molar-refractivity contribution in [2.45, 2.75) is 19.8 Å². The molecular weight excluding hydrogens is 254 g/mol. The normalized spacial score (nSPS) is 10.9. The number of nitrogens with zero attached hydrogens (tertiary/aromatic N) is 3. The maximum Gasteiger partial charge on any atom is 0.329 e. The second-order valence-corrected chi connectivity index (χ2v) is 4.54. The number of aromatic nitrogens is 2. The summed E-state index contributed by atoms with van der Waals surface area (Å²) in [7, 11) is 0. The van der Waals surface area contributed by atoms with Crippen LogP contribution in [0.2, 0.25) is 5.15 Å². The monoisotopic (exact) mass is 265 g/mol. The van der Waals surface area contributed by atoms with E-state index in [2.05, 4.69) is 5.10 Å². The van der Waals surface area contributed by atoms with Crippen LogP contribution in [-0.4, -0.2) is 14.7 Å². The maximum atomic E-state index is 11.1. The van der Waals surface area contributed by atoms with Crippen LogP contribution in [0.1, 0.15) is 25.5 Å². The molecule has 1 heterocycles. The van der Waals surface area contributed by atoms with Crippen molar-refractivity contribution in [1.82, 2.24) is 9.78 Å². The first-order valence-corrected chi connectivity index (χ1v) is 5.88. The summed E-state index contributed by atoms with van der Waals surface area (Å²) in [4.78, 5) is 10.6. The summed E-state index contributed by atoms with van der Waals surface area (Å²) >= 11 is 6.06. The van der Waals surface area contributed by atoms with Crippen molar-refractivity contribution in [2.75, 3.05) is 0 Å². The standard InChI is InChI=1S/C12H12ClN3O2/c1-8(2)10-11(16(17)18)12(13)15(14-10)9-6-4-3-5-7-9/h3-8H,1-2H3. The zero-order chi connectivity index (χ0) is 13.3. The largest absolute Gasteiger partial charge is 0.329 e. The number of hydrogen-bond donors (Lipinski definition) is 0. The average Bonchev–Trinajstić information content (AvgIpc) is 2.68. The Bertz CT molecular complexity index is 579. The van der Waals surface area contributed by atoms with Gasteiger partial charge in [0.1, 0.15) is 5.69 Å². The Balaban J connectivity index is 2.64. The minimum Gasteiger partial charge on any atom is -0.258 e. The molecule has 0 amide bonds. The van der Waals surface area contributed by atoms with Crippen LogP contribution in [0.15, 0.2) is 30.3 Å². The van der Waals surface area contributed by atoms with Gasteiger partial charge in [-0.2, -0.15) is 5.10 Å². The molecule has 18 heavy (non-hydrogen) atoms. The van der Waals surface area contributed by atoms with Gasteiger partial charge >= 0.3 is 5.69 Å². The Morgan fingerprint density at radius 2 is 1.94 bits per heavy atom. The lowest BCUT2D eigenvalue weighted by Crippen LogP contribution is -1.97. The Morgan fingerprint density at radius 3 is 2.39 bits per heavy atom. The second-order valence-electron chi connectivity index (χ2n) is 4.18. The predicted molar refractivity (Wildman–Crippen MR) is 69.3 cm³/mol. The van der Waals surface area contributed by atoms with Crippen LogP contribution < -0.4 is 0 Å². The number of benzene rings is 1. The molecule has 0 radical (unpaired) electrons. The Kier molecular flexibility index (Phi) is 3.34. The van der Waals surface area contributed by atoms with E-state index in [1.54, 1.807) is 12.1 Å². The highest BCUT2D eigenvalue weighted by Crippen LogP contribution is 2.34. The van der Waals surface area contributed by atoms with Gasteiger partial charge in [0.05, 0.1) is 10.6 Å². The van der Waals surface area contributed by atoms with E-state index in [4.69, 9.17) is 11.6 Å². The van der Waals surface area contributed by atoms with Gasteiger partial charge < -0.3 is 0 Å². The molecule has 0 atom stereocenters. The third-order valence-electron chi connectivity index (χ3n) is 2.56. The van der Waals surface area contributed by atoms with E-state index in [1.807, 2.05) is 32.0 Å². The summed E-state index contributed by atoms with van der Waals surface area (Å²) in [5.74, 6) is -0.0622. The van der Waals surface area contributed by atoms with Gasteiger partial charge in [-0.1, -0.05) is 43.6 Å². The van der Waals surface area contributed by atoms with Gasteiger partial charge in [-0.05, 0) is 12.1 Å². The summed E-state index contributed by atoms with van der Waals surface area (Å²) < 4.78 is 1.40. The van der Waals surface area contributed by atoms with Crippen LogP contribution in [0.25, 0.3) is 5.69 Å². The van der Waals surface area contributed by atoms with Crippen molar-refractivity contribution in [3.8, 4) is 5.69 Å². The van der Waals surface area contributed by atoms with Crippen LogP contribution in [0.5, 0.6) is 0 Å². The molecule has 1 aromatic heterocycles. The number of nitro groups is 1. The second kappa shape index (κ2) is 4.78. The van der Waals surface area contributed by atoms with E-state index in [0.717, 1.165) is 0 Å². The van der Waals surface area contributed by atoms with Crippen LogP contribution in [-0.2, 0) is 0 Å². The quantitative estimate of drug-likeness (QED) is 0.630. The van der Waals surface area contributed by atoms with Gasteiger partial charge in [-0.3, -0.25) is 10.1 Å². The van der Waals surface area contributed by atoms with E-state index in [1.165, 1.54) is 4.68 Å². The van der Waals surface area contributed by atoms with E-state index >= 15 is 0 Å². The molecule has 0 bridgehead atoms. The first-order valence-electron chi connectivity index (χ1n) is 5.50. The molecule has 5 nitrogen and oxygen atoms in total. The minimum atomic E-state index is -0.482. The van der Waals surface area contributed by atoms with Gasteiger partial charge in [0, 0.05) is 5.92 Å². The van der Waals surface area contributed by atoms with Gasteiger partial charge in [0.25, 0.3) is 0 Å². The van der Waals surface area contributed by atoms with E-state index in [0.29, 0.717) is 11.4 Å². The van der Waals surface area contributed by atoms with E-state index in [-0.39, 0.29) is 16.8 Å². The SMILES string of the molecule is CC(C)c1nn(-c2ccccc2)c(Cl)c1[N+](=O)[O-]. The highest BCUT2D eigenvalue weighted by atomic mass is 35.5. The summed E-state index contributed by atoms with van der Waals surface area (Å²) in [5, 5.41) is 15.3. The van der Waals surface area contributed by atoms with Crippen LogP contribution in [0.3, 0.4) is 0 Å².